The summed E-state index contributed by atoms with van der Waals surface area (Å²) in [5.41, 5.74) is 0.239. The van der Waals surface area contributed by atoms with Gasteiger partial charge >= 0.3 is 0 Å². The van der Waals surface area contributed by atoms with Crippen LogP contribution in [0.5, 0.6) is 0 Å². The van der Waals surface area contributed by atoms with Crippen molar-refractivity contribution in [3.8, 4) is 11.3 Å². The molecule has 3 aromatic rings. The summed E-state index contributed by atoms with van der Waals surface area (Å²) >= 11 is 1.21. The minimum atomic E-state index is -0.757. The number of carbonyl (C=O) groups is 1. The Morgan fingerprint density at radius 1 is 1.20 bits per heavy atom. The Kier molecular flexibility index (Phi) is 5.75. The lowest BCUT2D eigenvalue weighted by Crippen LogP contribution is -2.37. The zero-order valence-corrected chi connectivity index (χ0v) is 16.5. The third-order valence-corrected chi connectivity index (χ3v) is 5.69. The van der Waals surface area contributed by atoms with Gasteiger partial charge in [0.1, 0.15) is 28.4 Å². The number of pyridine rings is 1. The summed E-state index contributed by atoms with van der Waals surface area (Å²) in [5.74, 6) is -2.04. The van der Waals surface area contributed by atoms with Crippen LogP contribution in [-0.2, 0) is 0 Å². The van der Waals surface area contributed by atoms with E-state index in [1.165, 1.54) is 42.0 Å². The van der Waals surface area contributed by atoms with Gasteiger partial charge in [-0.15, -0.1) is 0 Å². The topological polar surface area (TPSA) is 87.5 Å². The molecule has 1 fully saturated rings. The Morgan fingerprint density at radius 3 is 2.73 bits per heavy atom. The molecule has 0 spiro atoms. The molecule has 1 aromatic carbocycles. The third kappa shape index (κ3) is 4.04. The van der Waals surface area contributed by atoms with E-state index in [0.717, 1.165) is 36.5 Å². The van der Waals surface area contributed by atoms with Gasteiger partial charge in [0.25, 0.3) is 5.91 Å². The van der Waals surface area contributed by atoms with Crippen molar-refractivity contribution in [2.75, 3.05) is 23.3 Å². The van der Waals surface area contributed by atoms with E-state index in [1.807, 2.05) is 4.90 Å². The molecule has 0 bridgehead atoms. The van der Waals surface area contributed by atoms with Gasteiger partial charge in [0, 0.05) is 13.1 Å². The van der Waals surface area contributed by atoms with Gasteiger partial charge in [0.15, 0.2) is 0 Å². The van der Waals surface area contributed by atoms with E-state index in [9.17, 15) is 18.5 Å². The van der Waals surface area contributed by atoms with Crippen LogP contribution in [0.2, 0.25) is 0 Å². The number of rotatable bonds is 5. The number of benzene rings is 1. The maximum atomic E-state index is 14.1. The number of nitroso groups, excluding NO2 is 1. The summed E-state index contributed by atoms with van der Waals surface area (Å²) in [6.45, 7) is 1.20. The monoisotopic (exact) mass is 429 g/mol. The molecule has 4 rings (SSSR count). The molecule has 30 heavy (non-hydrogen) atoms. The molecule has 1 amide bonds. The van der Waals surface area contributed by atoms with Crippen LogP contribution in [0.15, 0.2) is 47.8 Å². The number of amides is 1. The van der Waals surface area contributed by atoms with Crippen molar-refractivity contribution in [3.05, 3.63) is 64.8 Å². The van der Waals surface area contributed by atoms with Crippen LogP contribution in [0, 0.1) is 16.5 Å². The largest absolute Gasteiger partial charge is 0.358 e. The molecule has 154 valence electrons. The average Bonchev–Trinajstić information content (AvgIpc) is 3.22. The third-order valence-electron chi connectivity index (χ3n) is 4.83. The molecule has 0 radical (unpaired) electrons. The molecule has 1 unspecified atom stereocenters. The summed E-state index contributed by atoms with van der Waals surface area (Å²) < 4.78 is 32.3. The summed E-state index contributed by atoms with van der Waals surface area (Å²) in [7, 11) is 0. The lowest BCUT2D eigenvalue weighted by molar-refractivity contribution is 0.102. The van der Waals surface area contributed by atoms with Crippen LogP contribution < -0.4 is 10.2 Å². The second kappa shape index (κ2) is 8.62. The van der Waals surface area contributed by atoms with Gasteiger partial charge in [0.05, 0.1) is 23.1 Å². The van der Waals surface area contributed by atoms with Gasteiger partial charge in [-0.2, -0.15) is 9.28 Å². The highest BCUT2D eigenvalue weighted by atomic mass is 32.1. The maximum Gasteiger partial charge on any atom is 0.274 e. The zero-order valence-electron chi connectivity index (χ0n) is 15.7. The lowest BCUT2D eigenvalue weighted by atomic mass is 10.1. The smallest absolute Gasteiger partial charge is 0.274 e. The van der Waals surface area contributed by atoms with Gasteiger partial charge in [-0.3, -0.25) is 4.79 Å². The van der Waals surface area contributed by atoms with Crippen molar-refractivity contribution >= 4 is 28.1 Å². The van der Waals surface area contributed by atoms with Crippen LogP contribution in [0.1, 0.15) is 23.3 Å². The molecular weight excluding hydrogens is 412 g/mol. The first-order valence-corrected chi connectivity index (χ1v) is 10.1. The fraction of sp³-hybridized carbons (Fsp3) is 0.250. The van der Waals surface area contributed by atoms with Crippen molar-refractivity contribution in [2.24, 2.45) is 5.18 Å². The molecule has 3 heterocycles. The predicted octanol–water partition coefficient (Wildman–Crippen LogP) is 4.47. The molecule has 1 aliphatic heterocycles. The van der Waals surface area contributed by atoms with Gasteiger partial charge in [-0.25, -0.2) is 13.8 Å². The zero-order chi connectivity index (χ0) is 21.1. The highest BCUT2D eigenvalue weighted by molar-refractivity contribution is 7.11. The van der Waals surface area contributed by atoms with E-state index in [-0.39, 0.29) is 23.0 Å². The molecule has 2 aromatic heterocycles. The first-order chi connectivity index (χ1) is 14.6. The molecule has 1 atom stereocenters. The van der Waals surface area contributed by atoms with Crippen molar-refractivity contribution in [3.63, 3.8) is 0 Å². The van der Waals surface area contributed by atoms with Crippen LogP contribution in [0.25, 0.3) is 11.3 Å². The number of piperidine rings is 1. The summed E-state index contributed by atoms with van der Waals surface area (Å²) in [5, 5.41) is 6.62. The molecule has 1 N–H and O–H groups in total. The summed E-state index contributed by atoms with van der Waals surface area (Å²) in [6.07, 6.45) is 3.08. The van der Waals surface area contributed by atoms with Gasteiger partial charge < -0.3 is 10.2 Å². The number of carbonyl (C=O) groups excluding carboxylic acids is 1. The number of hydrogen-bond acceptors (Lipinski definition) is 7. The number of aromatic nitrogens is 2. The fourth-order valence-corrected chi connectivity index (χ4v) is 4.14. The van der Waals surface area contributed by atoms with Crippen molar-refractivity contribution in [1.29, 1.82) is 0 Å². The number of hydrogen-bond donors (Lipinski definition) is 1. The van der Waals surface area contributed by atoms with E-state index in [2.05, 4.69) is 19.9 Å². The van der Waals surface area contributed by atoms with E-state index in [0.29, 0.717) is 12.2 Å². The fourth-order valence-electron chi connectivity index (χ4n) is 3.40. The Morgan fingerprint density at radius 2 is 1.97 bits per heavy atom. The van der Waals surface area contributed by atoms with E-state index in [1.54, 1.807) is 0 Å². The van der Waals surface area contributed by atoms with Crippen molar-refractivity contribution in [2.45, 2.75) is 18.9 Å². The Bertz CT molecular complexity index is 1070. The maximum absolute atomic E-state index is 14.1. The first-order valence-electron chi connectivity index (χ1n) is 9.31. The van der Waals surface area contributed by atoms with Gasteiger partial charge in [-0.1, -0.05) is 17.3 Å². The van der Waals surface area contributed by atoms with Crippen LogP contribution in [0.4, 0.5) is 19.5 Å². The first kappa shape index (κ1) is 20.0. The second-order valence-electron chi connectivity index (χ2n) is 6.85. The summed E-state index contributed by atoms with van der Waals surface area (Å²) in [4.78, 5) is 29.8. The van der Waals surface area contributed by atoms with E-state index < -0.39 is 17.5 Å². The van der Waals surface area contributed by atoms with Crippen molar-refractivity contribution in [1.82, 2.24) is 9.36 Å². The van der Waals surface area contributed by atoms with Crippen LogP contribution in [0.3, 0.4) is 0 Å². The predicted molar refractivity (Wildman–Crippen MR) is 111 cm³/mol. The standard InChI is InChI=1S/C20H17F2N5O2S/c21-13-5-1-6-14(22)18(13)15-7-2-8-16(24-15)19(28)25-17-10-23-30-20(17)27-9-3-4-12(11-27)26-29/h1-2,5-8,10,12H,3-4,9,11H2,(H,25,28). The van der Waals surface area contributed by atoms with Crippen LogP contribution in [-0.4, -0.2) is 34.4 Å². The minimum Gasteiger partial charge on any atom is -0.358 e. The molecule has 1 saturated heterocycles. The van der Waals surface area contributed by atoms with E-state index in [4.69, 9.17) is 0 Å². The molecule has 10 heteroatoms. The minimum absolute atomic E-state index is 0.0124. The SMILES string of the molecule is O=NC1CCCN(c2sncc2NC(=O)c2cccc(-c3c(F)cccc3F)n2)C1. The Hall–Kier alpha value is -3.27. The van der Waals surface area contributed by atoms with Crippen molar-refractivity contribution < 1.29 is 13.6 Å². The number of anilines is 2. The second-order valence-corrected chi connectivity index (χ2v) is 7.63. The number of halogens is 2. The van der Waals surface area contributed by atoms with Crippen LogP contribution >= 0.6 is 11.5 Å². The Labute approximate surface area is 174 Å². The summed E-state index contributed by atoms with van der Waals surface area (Å²) in [6, 6.07) is 7.66. The molecular formula is C20H17F2N5O2S. The van der Waals surface area contributed by atoms with Gasteiger partial charge in [-0.05, 0) is 48.6 Å². The lowest BCUT2D eigenvalue weighted by Gasteiger charge is -2.30. The quantitative estimate of drug-likeness (QED) is 0.605. The molecule has 1 aliphatic rings. The normalized spacial score (nSPS) is 16.3. The molecule has 7 nitrogen and oxygen atoms in total. The molecule has 0 aliphatic carbocycles. The Balaban J connectivity index is 1.56. The number of nitrogens with one attached hydrogen (secondary N) is 1. The van der Waals surface area contributed by atoms with E-state index >= 15 is 0 Å². The number of nitrogens with zero attached hydrogens (tertiary/aromatic N) is 4. The highest BCUT2D eigenvalue weighted by Gasteiger charge is 2.25. The molecule has 0 saturated carbocycles. The van der Waals surface area contributed by atoms with Gasteiger partial charge in [0.2, 0.25) is 0 Å². The highest BCUT2D eigenvalue weighted by Crippen LogP contribution is 2.33. The average molecular weight is 429 g/mol.